The third-order valence-corrected chi connectivity index (χ3v) is 5.90. The van der Waals surface area contributed by atoms with E-state index in [-0.39, 0.29) is 5.97 Å². The molecule has 0 spiro atoms. The third kappa shape index (κ3) is 3.82. The van der Waals surface area contributed by atoms with Gasteiger partial charge in [-0.2, -0.15) is 0 Å². The molecular formula is C22H24N4O2S. The minimum absolute atomic E-state index is 0.378. The quantitative estimate of drug-likeness (QED) is 0.523. The van der Waals surface area contributed by atoms with Gasteiger partial charge in [0.15, 0.2) is 5.11 Å². The largest absolute Gasteiger partial charge is 0.465 e. The number of carbonyl (C=O) groups excluding carboxylic acids is 1. The molecule has 0 aliphatic carbocycles. The van der Waals surface area contributed by atoms with Gasteiger partial charge in [0.05, 0.1) is 29.4 Å². The number of nitrogens with one attached hydrogen (secondary N) is 1. The Balaban J connectivity index is 1.43. The van der Waals surface area contributed by atoms with Crippen LogP contribution >= 0.6 is 12.2 Å². The second-order valence-corrected chi connectivity index (χ2v) is 7.63. The Labute approximate surface area is 175 Å². The molecule has 0 unspecified atom stereocenters. The van der Waals surface area contributed by atoms with Crippen molar-refractivity contribution in [2.75, 3.05) is 25.5 Å². The maximum absolute atomic E-state index is 12.0. The summed E-state index contributed by atoms with van der Waals surface area (Å²) in [5.74, 6) is 1.17. The number of piperidine rings is 1. The zero-order valence-corrected chi connectivity index (χ0v) is 17.4. The highest BCUT2D eigenvalue weighted by molar-refractivity contribution is 7.80. The van der Waals surface area contributed by atoms with Crippen molar-refractivity contribution in [3.05, 3.63) is 59.9 Å². The lowest BCUT2D eigenvalue weighted by molar-refractivity contribution is 0.0602. The van der Waals surface area contributed by atoms with Crippen molar-refractivity contribution in [2.24, 2.45) is 7.05 Å². The highest BCUT2D eigenvalue weighted by atomic mass is 32.1. The zero-order chi connectivity index (χ0) is 20.4. The summed E-state index contributed by atoms with van der Waals surface area (Å²) in [5.41, 5.74) is 3.36. The molecule has 1 N–H and O–H groups in total. The second-order valence-electron chi connectivity index (χ2n) is 7.25. The molecule has 0 atom stereocenters. The van der Waals surface area contributed by atoms with Crippen LogP contribution in [0.3, 0.4) is 0 Å². The number of methoxy groups -OCH3 is 1. The van der Waals surface area contributed by atoms with Crippen LogP contribution in [0.5, 0.6) is 0 Å². The van der Waals surface area contributed by atoms with Gasteiger partial charge >= 0.3 is 5.97 Å². The average molecular weight is 409 g/mol. The smallest absolute Gasteiger partial charge is 0.339 e. The van der Waals surface area contributed by atoms with Crippen LogP contribution in [0.2, 0.25) is 0 Å². The number of esters is 1. The maximum Gasteiger partial charge on any atom is 0.339 e. The first-order valence-corrected chi connectivity index (χ1v) is 10.1. The van der Waals surface area contributed by atoms with Gasteiger partial charge in [-0.3, -0.25) is 0 Å². The Bertz CT molecular complexity index is 1050. The lowest BCUT2D eigenvalue weighted by Crippen LogP contribution is -2.41. The van der Waals surface area contributed by atoms with E-state index in [2.05, 4.69) is 34.0 Å². The number of hydrogen-bond donors (Lipinski definition) is 1. The van der Waals surface area contributed by atoms with E-state index in [1.54, 1.807) is 6.07 Å². The zero-order valence-electron chi connectivity index (χ0n) is 16.6. The molecule has 1 fully saturated rings. The number of nitrogens with zero attached hydrogens (tertiary/aromatic N) is 3. The topological polar surface area (TPSA) is 59.4 Å². The standard InChI is InChI=1S/C22H24N4O2S/c1-25-19-10-6-5-9-18(19)23-20(25)15-11-13-26(14-12-15)22(29)24-17-8-4-3-7-16(17)21(27)28-2/h3-10,15H,11-14H2,1-2H3,(H,24,29). The Morgan fingerprint density at radius 1 is 1.14 bits per heavy atom. The van der Waals surface area contributed by atoms with E-state index in [0.29, 0.717) is 22.3 Å². The molecular weight excluding hydrogens is 384 g/mol. The lowest BCUT2D eigenvalue weighted by Gasteiger charge is -2.33. The number of para-hydroxylation sites is 3. The molecule has 0 bridgehead atoms. The molecule has 1 aromatic heterocycles. The maximum atomic E-state index is 12.0. The SMILES string of the molecule is COC(=O)c1ccccc1NC(=S)N1CCC(c2nc3ccccc3n2C)CC1. The van der Waals surface area contributed by atoms with Gasteiger partial charge in [-0.05, 0) is 49.3 Å². The minimum atomic E-state index is -0.378. The van der Waals surface area contributed by atoms with Crippen LogP contribution in [0.1, 0.15) is 34.9 Å². The lowest BCUT2D eigenvalue weighted by atomic mass is 9.96. The number of fused-ring (bicyclic) bond motifs is 1. The summed E-state index contributed by atoms with van der Waals surface area (Å²) in [5, 5.41) is 3.85. The van der Waals surface area contributed by atoms with E-state index in [9.17, 15) is 4.79 Å². The fraction of sp³-hybridized carbons (Fsp3) is 0.318. The summed E-state index contributed by atoms with van der Waals surface area (Å²) in [4.78, 5) is 19.0. The number of aromatic nitrogens is 2. The van der Waals surface area contributed by atoms with Gasteiger partial charge < -0.3 is 19.5 Å². The summed E-state index contributed by atoms with van der Waals surface area (Å²) >= 11 is 5.61. The van der Waals surface area contributed by atoms with E-state index in [0.717, 1.165) is 37.3 Å². The molecule has 4 rings (SSSR count). The summed E-state index contributed by atoms with van der Waals surface area (Å²) in [6, 6.07) is 15.5. The number of imidazole rings is 1. The number of aryl methyl sites for hydroxylation is 1. The highest BCUT2D eigenvalue weighted by Gasteiger charge is 2.26. The van der Waals surface area contributed by atoms with Crippen molar-refractivity contribution >= 4 is 40.0 Å². The number of ether oxygens (including phenoxy) is 1. The predicted molar refractivity (Wildman–Crippen MR) is 118 cm³/mol. The molecule has 1 aliphatic rings. The van der Waals surface area contributed by atoms with Crippen LogP contribution in [0.15, 0.2) is 48.5 Å². The van der Waals surface area contributed by atoms with Gasteiger partial charge in [0.1, 0.15) is 5.82 Å². The molecule has 2 aromatic carbocycles. The fourth-order valence-corrected chi connectivity index (χ4v) is 4.24. The Hall–Kier alpha value is -2.93. The first-order chi connectivity index (χ1) is 14.1. The van der Waals surface area contributed by atoms with Crippen LogP contribution in [-0.2, 0) is 11.8 Å². The molecule has 1 saturated heterocycles. The Kier molecular flexibility index (Phi) is 5.49. The van der Waals surface area contributed by atoms with Crippen molar-refractivity contribution in [1.82, 2.24) is 14.5 Å². The minimum Gasteiger partial charge on any atom is -0.465 e. The molecule has 150 valence electrons. The van der Waals surface area contributed by atoms with Crippen LogP contribution in [-0.4, -0.2) is 45.7 Å². The molecule has 6 nitrogen and oxygen atoms in total. The van der Waals surface area contributed by atoms with Crippen molar-refractivity contribution in [1.29, 1.82) is 0 Å². The number of rotatable bonds is 3. The number of anilines is 1. The van der Waals surface area contributed by atoms with Crippen molar-refractivity contribution in [2.45, 2.75) is 18.8 Å². The molecule has 29 heavy (non-hydrogen) atoms. The summed E-state index contributed by atoms with van der Waals surface area (Å²) in [7, 11) is 3.47. The first-order valence-electron chi connectivity index (χ1n) is 9.73. The van der Waals surface area contributed by atoms with Crippen molar-refractivity contribution in [3.8, 4) is 0 Å². The number of carbonyl (C=O) groups is 1. The van der Waals surface area contributed by atoms with E-state index >= 15 is 0 Å². The Morgan fingerprint density at radius 2 is 1.83 bits per heavy atom. The highest BCUT2D eigenvalue weighted by Crippen LogP contribution is 2.30. The predicted octanol–water partition coefficient (Wildman–Crippen LogP) is 3.94. The van der Waals surface area contributed by atoms with Gasteiger partial charge in [0, 0.05) is 26.1 Å². The molecule has 7 heteroatoms. The fourth-order valence-electron chi connectivity index (χ4n) is 3.94. The van der Waals surface area contributed by atoms with Gasteiger partial charge in [-0.1, -0.05) is 24.3 Å². The monoisotopic (exact) mass is 408 g/mol. The van der Waals surface area contributed by atoms with Crippen LogP contribution in [0.25, 0.3) is 11.0 Å². The van der Waals surface area contributed by atoms with E-state index < -0.39 is 0 Å². The van der Waals surface area contributed by atoms with Crippen LogP contribution < -0.4 is 5.32 Å². The molecule has 0 saturated carbocycles. The number of benzene rings is 2. The van der Waals surface area contributed by atoms with Gasteiger partial charge in [0.25, 0.3) is 0 Å². The van der Waals surface area contributed by atoms with Crippen molar-refractivity contribution < 1.29 is 9.53 Å². The third-order valence-electron chi connectivity index (χ3n) is 5.54. The van der Waals surface area contributed by atoms with E-state index in [4.69, 9.17) is 21.9 Å². The van der Waals surface area contributed by atoms with Gasteiger partial charge in [0.2, 0.25) is 0 Å². The number of hydrogen-bond acceptors (Lipinski definition) is 4. The second kappa shape index (κ2) is 8.21. The van der Waals surface area contributed by atoms with E-state index in [1.165, 1.54) is 12.6 Å². The van der Waals surface area contributed by atoms with Crippen LogP contribution in [0, 0.1) is 0 Å². The summed E-state index contributed by atoms with van der Waals surface area (Å²) < 4.78 is 7.07. The van der Waals surface area contributed by atoms with Crippen LogP contribution in [0.4, 0.5) is 5.69 Å². The normalized spacial score (nSPS) is 14.8. The average Bonchev–Trinajstić information content (AvgIpc) is 3.10. The molecule has 0 radical (unpaired) electrons. The number of likely N-dealkylation sites (tertiary alicyclic amines) is 1. The van der Waals surface area contributed by atoms with Crippen molar-refractivity contribution in [3.63, 3.8) is 0 Å². The molecule has 0 amide bonds. The van der Waals surface area contributed by atoms with Gasteiger partial charge in [-0.15, -0.1) is 0 Å². The first kappa shape index (κ1) is 19.4. The van der Waals surface area contributed by atoms with Gasteiger partial charge in [-0.25, -0.2) is 9.78 Å². The Morgan fingerprint density at radius 3 is 2.55 bits per heavy atom. The van der Waals surface area contributed by atoms with E-state index in [1.807, 2.05) is 30.3 Å². The molecule has 1 aliphatic heterocycles. The number of thiocarbonyl (C=S) groups is 1. The molecule has 2 heterocycles. The molecule has 3 aromatic rings. The summed E-state index contributed by atoms with van der Waals surface area (Å²) in [6.45, 7) is 1.69. The summed E-state index contributed by atoms with van der Waals surface area (Å²) in [6.07, 6.45) is 1.97.